The number of likely N-dealkylation sites (tertiary alicyclic amines) is 2. The number of carbonyl (C=O) groups excluding carboxylic acids is 4. The molecule has 3 aliphatic heterocycles. The largest absolute Gasteiger partial charge is 0.378 e. The van der Waals surface area contributed by atoms with Gasteiger partial charge in [0, 0.05) is 38.4 Å². The van der Waals surface area contributed by atoms with E-state index in [4.69, 9.17) is 0 Å². The predicted octanol–water partition coefficient (Wildman–Crippen LogP) is 1.28. The lowest BCUT2D eigenvalue weighted by Crippen LogP contribution is -2.53. The minimum Gasteiger partial charge on any atom is -0.378 e. The molecule has 0 spiro atoms. The first-order valence-electron chi connectivity index (χ1n) is 13.1. The van der Waals surface area contributed by atoms with Crippen LogP contribution in [0.2, 0.25) is 0 Å². The van der Waals surface area contributed by atoms with Gasteiger partial charge in [-0.1, -0.05) is 13.8 Å². The van der Waals surface area contributed by atoms with Crippen molar-refractivity contribution in [3.8, 4) is 0 Å². The van der Waals surface area contributed by atoms with E-state index in [9.17, 15) is 19.2 Å². The lowest BCUT2D eigenvalue weighted by Gasteiger charge is -2.30. The molecule has 3 saturated heterocycles. The normalized spacial score (nSPS) is 24.6. The van der Waals surface area contributed by atoms with Crippen LogP contribution in [0, 0.1) is 11.8 Å². The van der Waals surface area contributed by atoms with Crippen molar-refractivity contribution >= 4 is 29.2 Å². The molecule has 36 heavy (non-hydrogen) atoms. The Balaban J connectivity index is 1.46. The number of ketones is 1. The third-order valence-corrected chi connectivity index (χ3v) is 7.59. The zero-order valence-electron chi connectivity index (χ0n) is 21.8. The topological polar surface area (TPSA) is 102 Å². The summed E-state index contributed by atoms with van der Waals surface area (Å²) < 4.78 is 0. The van der Waals surface area contributed by atoms with E-state index >= 15 is 0 Å². The first kappa shape index (κ1) is 26.1. The second kappa shape index (κ2) is 11.0. The Morgan fingerprint density at radius 2 is 1.83 bits per heavy atom. The highest BCUT2D eigenvalue weighted by molar-refractivity contribution is 6.01. The predicted molar refractivity (Wildman–Crippen MR) is 138 cm³/mol. The molecular weight excluding hydrogens is 458 g/mol. The fraction of sp³-hybridized carbons (Fsp3) is 0.630. The van der Waals surface area contributed by atoms with E-state index in [1.165, 1.54) is 0 Å². The standard InChI is InChI=1S/C27H39N5O4/c1-17(2)14-21(29-25(34)18-7-9-20(10-8-18)30(3)4)27(36)31-13-11-22-24(31)23(33)16-32(22)26(35)19-6-5-12-28-15-19/h7-10,17,19,21-22,24,28H,5-6,11-16H2,1-4H3,(H,29,34)/t19?,21-,22+,24-/m0/s1. The Bertz CT molecular complexity index is 986. The lowest BCUT2D eigenvalue weighted by atomic mass is 9.97. The highest BCUT2D eigenvalue weighted by atomic mass is 16.2. The molecule has 9 heteroatoms. The van der Waals surface area contributed by atoms with Crippen LogP contribution in [0.4, 0.5) is 5.69 Å². The summed E-state index contributed by atoms with van der Waals surface area (Å²) in [5, 5.41) is 6.20. The minimum atomic E-state index is -0.732. The molecule has 1 aromatic carbocycles. The molecule has 3 aliphatic rings. The molecule has 9 nitrogen and oxygen atoms in total. The monoisotopic (exact) mass is 497 g/mol. The Labute approximate surface area is 213 Å². The number of nitrogens with one attached hydrogen (secondary N) is 2. The number of rotatable bonds is 7. The molecule has 196 valence electrons. The molecule has 0 saturated carbocycles. The molecule has 4 atom stereocenters. The van der Waals surface area contributed by atoms with Gasteiger partial charge in [-0.3, -0.25) is 19.2 Å². The quantitative estimate of drug-likeness (QED) is 0.589. The zero-order chi connectivity index (χ0) is 26.0. The molecule has 3 amide bonds. The zero-order valence-corrected chi connectivity index (χ0v) is 21.8. The van der Waals surface area contributed by atoms with E-state index in [1.807, 2.05) is 45.0 Å². The Morgan fingerprint density at radius 1 is 1.11 bits per heavy atom. The summed E-state index contributed by atoms with van der Waals surface area (Å²) in [6.07, 6.45) is 2.83. The summed E-state index contributed by atoms with van der Waals surface area (Å²) in [5.74, 6) is -0.555. The van der Waals surface area contributed by atoms with Gasteiger partial charge in [-0.15, -0.1) is 0 Å². The van der Waals surface area contributed by atoms with Crippen molar-refractivity contribution < 1.29 is 19.2 Å². The number of Topliss-reactive ketones (excluding diaryl/α,β-unsaturated/α-hetero) is 1. The number of anilines is 1. The van der Waals surface area contributed by atoms with Gasteiger partial charge >= 0.3 is 0 Å². The summed E-state index contributed by atoms with van der Waals surface area (Å²) in [7, 11) is 3.86. The average Bonchev–Trinajstić information content (AvgIpc) is 3.44. The maximum Gasteiger partial charge on any atom is 0.251 e. The molecule has 0 aromatic heterocycles. The molecule has 2 N–H and O–H groups in total. The van der Waals surface area contributed by atoms with Gasteiger partial charge in [-0.05, 0) is 62.4 Å². The van der Waals surface area contributed by atoms with Crippen molar-refractivity contribution in [3.63, 3.8) is 0 Å². The van der Waals surface area contributed by atoms with Crippen LogP contribution >= 0.6 is 0 Å². The molecule has 3 fully saturated rings. The van der Waals surface area contributed by atoms with Crippen LogP contribution < -0.4 is 15.5 Å². The Kier molecular flexibility index (Phi) is 7.97. The van der Waals surface area contributed by atoms with Crippen molar-refractivity contribution in [2.24, 2.45) is 11.8 Å². The van der Waals surface area contributed by atoms with E-state index in [0.29, 0.717) is 31.5 Å². The van der Waals surface area contributed by atoms with E-state index in [2.05, 4.69) is 10.6 Å². The van der Waals surface area contributed by atoms with Crippen molar-refractivity contribution in [2.45, 2.75) is 57.7 Å². The van der Waals surface area contributed by atoms with Crippen molar-refractivity contribution in [1.29, 1.82) is 0 Å². The molecule has 0 bridgehead atoms. The van der Waals surface area contributed by atoms with E-state index in [1.54, 1.807) is 21.9 Å². The van der Waals surface area contributed by atoms with Gasteiger partial charge in [0.15, 0.2) is 5.78 Å². The second-order valence-electron chi connectivity index (χ2n) is 10.9. The summed E-state index contributed by atoms with van der Waals surface area (Å²) in [4.78, 5) is 58.2. The molecule has 1 unspecified atom stereocenters. The van der Waals surface area contributed by atoms with Crippen LogP contribution in [0.1, 0.15) is 49.9 Å². The molecule has 4 rings (SSSR count). The van der Waals surface area contributed by atoms with E-state index in [-0.39, 0.29) is 47.9 Å². The third kappa shape index (κ3) is 5.40. The highest BCUT2D eigenvalue weighted by Crippen LogP contribution is 2.32. The summed E-state index contributed by atoms with van der Waals surface area (Å²) in [6.45, 7) is 6.04. The fourth-order valence-electron chi connectivity index (χ4n) is 5.70. The number of benzene rings is 1. The molecule has 0 aliphatic carbocycles. The van der Waals surface area contributed by atoms with Gasteiger partial charge in [0.05, 0.1) is 18.5 Å². The van der Waals surface area contributed by atoms with E-state index in [0.717, 1.165) is 25.1 Å². The summed E-state index contributed by atoms with van der Waals surface area (Å²) in [5.41, 5.74) is 1.46. The number of fused-ring (bicyclic) bond motifs is 1. The van der Waals surface area contributed by atoms with Gasteiger partial charge in [-0.25, -0.2) is 0 Å². The first-order valence-corrected chi connectivity index (χ1v) is 13.1. The molecule has 0 radical (unpaired) electrons. The maximum absolute atomic E-state index is 13.7. The van der Waals surface area contributed by atoms with Gasteiger partial charge in [0.2, 0.25) is 11.8 Å². The SMILES string of the molecule is CC(C)C[C@H](NC(=O)c1ccc(N(C)C)cc1)C(=O)N1CC[C@@H]2[C@H]1C(=O)CN2C(=O)C1CCCNC1. The molecular formula is C27H39N5O4. The van der Waals surface area contributed by atoms with Crippen molar-refractivity contribution in [1.82, 2.24) is 20.4 Å². The van der Waals surface area contributed by atoms with E-state index < -0.39 is 12.1 Å². The van der Waals surface area contributed by atoms with Crippen LogP contribution in [0.15, 0.2) is 24.3 Å². The van der Waals surface area contributed by atoms with Crippen LogP contribution in [0.25, 0.3) is 0 Å². The minimum absolute atomic E-state index is 0.0190. The number of amides is 3. The van der Waals surface area contributed by atoms with Gasteiger partial charge in [0.25, 0.3) is 5.91 Å². The Hall–Kier alpha value is -2.94. The second-order valence-corrected chi connectivity index (χ2v) is 10.9. The van der Waals surface area contributed by atoms with Crippen molar-refractivity contribution in [2.75, 3.05) is 45.2 Å². The van der Waals surface area contributed by atoms with Crippen LogP contribution in [-0.2, 0) is 14.4 Å². The molecule has 1 aromatic rings. The van der Waals surface area contributed by atoms with Crippen molar-refractivity contribution in [3.05, 3.63) is 29.8 Å². The van der Waals surface area contributed by atoms with Gasteiger partial charge < -0.3 is 25.3 Å². The number of hydrogen-bond donors (Lipinski definition) is 2. The molecule has 3 heterocycles. The van der Waals surface area contributed by atoms with Crippen LogP contribution in [-0.4, -0.2) is 91.7 Å². The van der Waals surface area contributed by atoms with Crippen LogP contribution in [0.3, 0.4) is 0 Å². The maximum atomic E-state index is 13.7. The van der Waals surface area contributed by atoms with Gasteiger partial charge in [0.1, 0.15) is 12.1 Å². The third-order valence-electron chi connectivity index (χ3n) is 7.59. The Morgan fingerprint density at radius 3 is 2.44 bits per heavy atom. The summed E-state index contributed by atoms with van der Waals surface area (Å²) >= 11 is 0. The lowest BCUT2D eigenvalue weighted by molar-refractivity contribution is -0.138. The van der Waals surface area contributed by atoms with Crippen LogP contribution in [0.5, 0.6) is 0 Å². The summed E-state index contributed by atoms with van der Waals surface area (Å²) in [6, 6.07) is 5.60. The average molecular weight is 498 g/mol. The number of carbonyl (C=O) groups is 4. The first-order chi connectivity index (χ1) is 17.2. The number of piperidine rings is 1. The van der Waals surface area contributed by atoms with Gasteiger partial charge in [-0.2, -0.15) is 0 Å². The fourth-order valence-corrected chi connectivity index (χ4v) is 5.70. The smallest absolute Gasteiger partial charge is 0.251 e. The number of nitrogens with zero attached hydrogens (tertiary/aromatic N) is 3. The highest BCUT2D eigenvalue weighted by Gasteiger charge is 2.52. The number of hydrogen-bond acceptors (Lipinski definition) is 6.